The van der Waals surface area contributed by atoms with E-state index in [0.29, 0.717) is 5.69 Å². The molecule has 0 bridgehead atoms. The lowest BCUT2D eigenvalue weighted by Gasteiger charge is -2.16. The van der Waals surface area contributed by atoms with Crippen LogP contribution in [0, 0.1) is 0 Å². The number of rotatable bonds is 9. The van der Waals surface area contributed by atoms with Crippen molar-refractivity contribution in [1.82, 2.24) is 9.97 Å². The van der Waals surface area contributed by atoms with E-state index in [1.807, 2.05) is 0 Å². The lowest BCUT2D eigenvalue weighted by molar-refractivity contribution is -0.153. The molecule has 0 aliphatic carbocycles. The van der Waals surface area contributed by atoms with Gasteiger partial charge in [-0.25, -0.2) is 18.4 Å². The first-order chi connectivity index (χ1) is 16.7. The van der Waals surface area contributed by atoms with Crippen LogP contribution in [0.2, 0.25) is 0 Å². The Morgan fingerprint density at radius 3 is 2.08 bits per heavy atom. The summed E-state index contributed by atoms with van der Waals surface area (Å²) in [6, 6.07) is 10.2. The summed E-state index contributed by atoms with van der Waals surface area (Å²) in [5, 5.41) is 5.61. The summed E-state index contributed by atoms with van der Waals surface area (Å²) in [5.41, 5.74) is 0.428. The third-order valence-electron chi connectivity index (χ3n) is 4.64. The quantitative estimate of drug-likeness (QED) is 0.335. The number of alkyl halides is 6. The maximum absolute atomic E-state index is 12.7. The largest absolute Gasteiger partial charge is 0.482 e. The maximum atomic E-state index is 12.7. The van der Waals surface area contributed by atoms with Crippen molar-refractivity contribution in [2.24, 2.45) is 0 Å². The second-order valence-corrected chi connectivity index (χ2v) is 9.77. The number of aromatic nitrogens is 2. The molecule has 36 heavy (non-hydrogen) atoms. The Morgan fingerprint density at radius 1 is 0.861 bits per heavy atom. The zero-order valence-electron chi connectivity index (χ0n) is 18.6. The first kappa shape index (κ1) is 27.0. The molecule has 2 aromatic carbocycles. The van der Waals surface area contributed by atoms with Crippen molar-refractivity contribution in [3.8, 4) is 5.75 Å². The first-order valence-corrected chi connectivity index (χ1v) is 12.0. The fraction of sp³-hybridized carbons (Fsp3) is 0.273. The van der Waals surface area contributed by atoms with Gasteiger partial charge in [-0.15, -0.1) is 0 Å². The molecule has 0 saturated heterocycles. The van der Waals surface area contributed by atoms with Gasteiger partial charge in [0.2, 0.25) is 0 Å². The van der Waals surface area contributed by atoms with Crippen LogP contribution in [-0.4, -0.2) is 43.1 Å². The molecule has 0 unspecified atom stereocenters. The molecule has 7 nitrogen and oxygen atoms in total. The molecule has 3 rings (SSSR count). The minimum atomic E-state index is -4.62. The lowest BCUT2D eigenvalue weighted by atomic mass is 10.1. The molecule has 1 aromatic heterocycles. The van der Waals surface area contributed by atoms with E-state index in [0.717, 1.165) is 24.5 Å². The van der Waals surface area contributed by atoms with Crippen molar-refractivity contribution in [1.29, 1.82) is 0 Å². The van der Waals surface area contributed by atoms with Crippen molar-refractivity contribution >= 4 is 32.8 Å². The van der Waals surface area contributed by atoms with Gasteiger partial charge in [0.1, 0.15) is 23.7 Å². The predicted octanol–water partition coefficient (Wildman–Crippen LogP) is 5.80. The van der Waals surface area contributed by atoms with E-state index in [1.54, 1.807) is 0 Å². The molecule has 2 N–H and O–H groups in total. The van der Waals surface area contributed by atoms with Gasteiger partial charge >= 0.3 is 12.4 Å². The number of halogens is 6. The fourth-order valence-corrected chi connectivity index (χ4v) is 3.88. The molecule has 0 aliphatic heterocycles. The Labute approximate surface area is 202 Å². The van der Waals surface area contributed by atoms with E-state index >= 15 is 0 Å². The highest BCUT2D eigenvalue weighted by molar-refractivity contribution is 7.91. The summed E-state index contributed by atoms with van der Waals surface area (Å²) in [6.45, 7) is -0.170. The number of anilines is 4. The predicted molar refractivity (Wildman–Crippen MR) is 121 cm³/mol. The number of nitrogens with zero attached hydrogens (tertiary/aromatic N) is 2. The van der Waals surface area contributed by atoms with Crippen LogP contribution in [0.1, 0.15) is 12.5 Å². The molecule has 3 aromatic rings. The van der Waals surface area contributed by atoms with Crippen molar-refractivity contribution in [2.75, 3.05) is 23.0 Å². The zero-order valence-corrected chi connectivity index (χ0v) is 19.4. The molecule has 0 saturated carbocycles. The third-order valence-corrected chi connectivity index (χ3v) is 6.37. The van der Waals surface area contributed by atoms with E-state index in [1.165, 1.54) is 37.3 Å². The topological polar surface area (TPSA) is 93.2 Å². The lowest BCUT2D eigenvalue weighted by Crippen LogP contribution is -2.19. The smallest absolute Gasteiger partial charge is 0.422 e. The monoisotopic (exact) mass is 534 g/mol. The maximum Gasteiger partial charge on any atom is 0.422 e. The Bertz CT molecular complexity index is 1300. The third kappa shape index (κ3) is 8.00. The van der Waals surface area contributed by atoms with Crippen LogP contribution in [-0.2, 0) is 16.3 Å². The molecule has 0 fully saturated rings. The molecule has 0 aliphatic rings. The van der Waals surface area contributed by atoms with E-state index < -0.39 is 35.2 Å². The highest BCUT2D eigenvalue weighted by atomic mass is 32.2. The van der Waals surface area contributed by atoms with Gasteiger partial charge in [-0.05, 0) is 35.9 Å². The average molecular weight is 534 g/mol. The van der Waals surface area contributed by atoms with Crippen LogP contribution < -0.4 is 15.4 Å². The van der Waals surface area contributed by atoms with Gasteiger partial charge in [0.25, 0.3) is 0 Å². The molecular formula is C22H20F6N4O3S. The summed E-state index contributed by atoms with van der Waals surface area (Å²) in [6.07, 6.45) is -8.89. The molecule has 0 amide bonds. The minimum absolute atomic E-state index is 0.0741. The van der Waals surface area contributed by atoms with Gasteiger partial charge in [-0.3, -0.25) is 0 Å². The van der Waals surface area contributed by atoms with Crippen LogP contribution in [0.4, 0.5) is 49.4 Å². The highest BCUT2D eigenvalue weighted by Crippen LogP contribution is 2.32. The van der Waals surface area contributed by atoms with E-state index in [9.17, 15) is 34.8 Å². The second kappa shape index (κ2) is 10.6. The van der Waals surface area contributed by atoms with Crippen molar-refractivity contribution in [3.63, 3.8) is 0 Å². The summed E-state index contributed by atoms with van der Waals surface area (Å²) in [4.78, 5) is 7.85. The summed E-state index contributed by atoms with van der Waals surface area (Å²) >= 11 is 0. The van der Waals surface area contributed by atoms with Gasteiger partial charge in [-0.1, -0.05) is 19.1 Å². The molecule has 0 spiro atoms. The number of sulfone groups is 1. The van der Waals surface area contributed by atoms with Gasteiger partial charge in [0, 0.05) is 11.8 Å². The average Bonchev–Trinajstić information content (AvgIpc) is 2.78. The Hall–Kier alpha value is -3.55. The van der Waals surface area contributed by atoms with Gasteiger partial charge < -0.3 is 15.4 Å². The number of hydrogen-bond acceptors (Lipinski definition) is 7. The highest BCUT2D eigenvalue weighted by Gasteiger charge is 2.29. The number of benzene rings is 2. The molecule has 0 atom stereocenters. The molecular weight excluding hydrogens is 514 g/mol. The standard InChI is InChI=1S/C22H20F6N4O3S/c1-2-36(33,34)16-7-8-18(35-12-22(26,27)28)17(9-16)32-20-10-19(29-13-30-20)31-15-5-3-14(4-6-15)11-21(23,24)25/h3-10,13H,2,11-12H2,1H3,(H2,29,30,31,32). The number of hydrogen-bond donors (Lipinski definition) is 2. The van der Waals surface area contributed by atoms with Crippen molar-refractivity contribution in [2.45, 2.75) is 30.6 Å². The molecule has 194 valence electrons. The van der Waals surface area contributed by atoms with E-state index in [4.69, 9.17) is 4.74 Å². The first-order valence-electron chi connectivity index (χ1n) is 10.3. The Balaban J connectivity index is 1.83. The molecule has 14 heteroatoms. The fourth-order valence-electron chi connectivity index (χ4n) is 2.97. The van der Waals surface area contributed by atoms with Crippen LogP contribution in [0.3, 0.4) is 0 Å². The summed E-state index contributed by atoms with van der Waals surface area (Å²) in [5.74, 6) is -0.176. The van der Waals surface area contributed by atoms with Crippen molar-refractivity contribution < 1.29 is 39.5 Å². The number of ether oxygens (including phenoxy) is 1. The zero-order chi connectivity index (χ0) is 26.6. The van der Waals surface area contributed by atoms with Crippen LogP contribution in [0.25, 0.3) is 0 Å². The second-order valence-electron chi connectivity index (χ2n) is 7.49. The normalized spacial score (nSPS) is 12.3. The number of nitrogens with one attached hydrogen (secondary N) is 2. The summed E-state index contributed by atoms with van der Waals surface area (Å²) in [7, 11) is -3.67. The molecule has 0 radical (unpaired) electrons. The summed E-state index contributed by atoms with van der Waals surface area (Å²) < 4.78 is 105. The van der Waals surface area contributed by atoms with E-state index in [-0.39, 0.29) is 39.3 Å². The minimum Gasteiger partial charge on any atom is -0.482 e. The van der Waals surface area contributed by atoms with Gasteiger partial charge in [-0.2, -0.15) is 26.3 Å². The van der Waals surface area contributed by atoms with Crippen LogP contribution in [0.5, 0.6) is 5.75 Å². The van der Waals surface area contributed by atoms with Gasteiger partial charge in [0.15, 0.2) is 16.4 Å². The molecule has 1 heterocycles. The SMILES string of the molecule is CCS(=O)(=O)c1ccc(OCC(F)(F)F)c(Nc2cc(Nc3ccc(CC(F)(F)F)cc3)ncn2)c1. The Morgan fingerprint density at radius 2 is 1.50 bits per heavy atom. The van der Waals surface area contributed by atoms with Crippen molar-refractivity contribution in [3.05, 3.63) is 60.4 Å². The van der Waals surface area contributed by atoms with E-state index in [2.05, 4.69) is 20.6 Å². The van der Waals surface area contributed by atoms with Crippen LogP contribution >= 0.6 is 0 Å². The van der Waals surface area contributed by atoms with Gasteiger partial charge in [0.05, 0.1) is 22.8 Å². The van der Waals surface area contributed by atoms with Crippen LogP contribution in [0.15, 0.2) is 59.8 Å². The Kier molecular flexibility index (Phi) is 7.96.